The lowest BCUT2D eigenvalue weighted by Crippen LogP contribution is -2.23. The number of benzene rings is 1. The van der Waals surface area contributed by atoms with E-state index >= 15 is 0 Å². The summed E-state index contributed by atoms with van der Waals surface area (Å²) < 4.78 is 35.2. The Labute approximate surface area is 147 Å². The van der Waals surface area contributed by atoms with E-state index in [4.69, 9.17) is 14.0 Å². The van der Waals surface area contributed by atoms with Crippen molar-refractivity contribution in [3.05, 3.63) is 48.1 Å². The van der Waals surface area contributed by atoms with Crippen molar-refractivity contribution in [1.29, 1.82) is 0 Å². The number of alkyl halides is 2. The molecule has 136 valence electrons. The molecular formula is C16H15F2N5O3. The number of aromatic nitrogens is 4. The monoisotopic (exact) mass is 363 g/mol. The summed E-state index contributed by atoms with van der Waals surface area (Å²) in [5.74, 6) is 0.145. The maximum absolute atomic E-state index is 12.5. The topological polar surface area (TPSA) is 86.4 Å². The molecule has 3 rings (SSSR count). The van der Waals surface area contributed by atoms with Crippen LogP contribution in [0.3, 0.4) is 0 Å². The Kier molecular flexibility index (Phi) is 5.32. The van der Waals surface area contributed by atoms with Gasteiger partial charge in [-0.15, -0.1) is 10.2 Å². The van der Waals surface area contributed by atoms with Crippen LogP contribution in [0.4, 0.5) is 14.7 Å². The minimum absolute atomic E-state index is 0.0828. The average Bonchev–Trinajstić information content (AvgIpc) is 3.17. The number of halogens is 2. The summed E-state index contributed by atoms with van der Waals surface area (Å²) in [6, 6.07) is 7.47. The van der Waals surface area contributed by atoms with Crippen LogP contribution >= 0.6 is 0 Å². The van der Waals surface area contributed by atoms with Gasteiger partial charge in [-0.2, -0.15) is 8.78 Å². The summed E-state index contributed by atoms with van der Waals surface area (Å²) in [5, 5.41) is 8.28. The Morgan fingerprint density at radius 2 is 1.85 bits per heavy atom. The van der Waals surface area contributed by atoms with Gasteiger partial charge in [0.15, 0.2) is 0 Å². The van der Waals surface area contributed by atoms with Crippen LogP contribution in [0.2, 0.25) is 0 Å². The number of rotatable bonds is 7. The minimum Gasteiger partial charge on any atom is -0.496 e. The van der Waals surface area contributed by atoms with E-state index in [1.54, 1.807) is 7.11 Å². The highest BCUT2D eigenvalue weighted by Crippen LogP contribution is 2.24. The Morgan fingerprint density at radius 3 is 2.46 bits per heavy atom. The number of nitrogens with zero attached hydrogens (tertiary/aromatic N) is 5. The second kappa shape index (κ2) is 7.83. The standard InChI is InChI=1S/C16H15F2N5O3/c1-24-12-6-4-3-5-10(12)9-23(25-2)16-19-7-11(8-20-16)14-21-22-15(26-14)13(17)18/h3-8,13H,9H2,1-2H3. The quantitative estimate of drug-likeness (QED) is 0.592. The first kappa shape index (κ1) is 17.7. The number of ether oxygens (including phenoxy) is 1. The molecule has 0 saturated heterocycles. The fourth-order valence-electron chi connectivity index (χ4n) is 2.21. The summed E-state index contributed by atoms with van der Waals surface area (Å²) in [4.78, 5) is 13.7. The van der Waals surface area contributed by atoms with E-state index in [2.05, 4.69) is 20.2 Å². The first-order chi connectivity index (χ1) is 12.6. The average molecular weight is 363 g/mol. The van der Waals surface area contributed by atoms with Crippen LogP contribution in [0.15, 0.2) is 41.1 Å². The van der Waals surface area contributed by atoms with Crippen molar-refractivity contribution >= 4 is 5.95 Å². The van der Waals surface area contributed by atoms with Crippen LogP contribution in [-0.4, -0.2) is 34.4 Å². The van der Waals surface area contributed by atoms with Crippen molar-refractivity contribution in [3.63, 3.8) is 0 Å². The third-order valence-electron chi connectivity index (χ3n) is 3.46. The second-order valence-corrected chi connectivity index (χ2v) is 5.05. The van der Waals surface area contributed by atoms with Crippen LogP contribution in [-0.2, 0) is 11.4 Å². The molecule has 2 aromatic heterocycles. The lowest BCUT2D eigenvalue weighted by molar-refractivity contribution is 0.116. The highest BCUT2D eigenvalue weighted by atomic mass is 19.3. The summed E-state index contributed by atoms with van der Waals surface area (Å²) in [6.07, 6.45) is -0.0557. The second-order valence-electron chi connectivity index (χ2n) is 5.05. The molecule has 8 nitrogen and oxygen atoms in total. The molecule has 0 aliphatic rings. The van der Waals surface area contributed by atoms with Gasteiger partial charge in [-0.25, -0.2) is 15.0 Å². The molecule has 0 radical (unpaired) electrons. The minimum atomic E-state index is -2.83. The molecule has 0 atom stereocenters. The molecule has 26 heavy (non-hydrogen) atoms. The molecule has 3 aromatic rings. The molecular weight excluding hydrogens is 348 g/mol. The molecule has 2 heterocycles. The van der Waals surface area contributed by atoms with Crippen LogP contribution in [0.1, 0.15) is 17.9 Å². The van der Waals surface area contributed by atoms with Gasteiger partial charge in [0.2, 0.25) is 5.95 Å². The molecule has 0 saturated carbocycles. The summed E-state index contributed by atoms with van der Waals surface area (Å²) in [6.45, 7) is 0.343. The third kappa shape index (κ3) is 3.75. The third-order valence-corrected chi connectivity index (χ3v) is 3.46. The van der Waals surface area contributed by atoms with E-state index < -0.39 is 12.3 Å². The van der Waals surface area contributed by atoms with Crippen molar-refractivity contribution in [1.82, 2.24) is 20.2 Å². The van der Waals surface area contributed by atoms with Gasteiger partial charge in [0.25, 0.3) is 11.8 Å². The van der Waals surface area contributed by atoms with E-state index in [0.29, 0.717) is 17.9 Å². The lowest BCUT2D eigenvalue weighted by Gasteiger charge is -2.20. The molecule has 10 heteroatoms. The fourth-order valence-corrected chi connectivity index (χ4v) is 2.21. The van der Waals surface area contributed by atoms with Gasteiger partial charge in [-0.1, -0.05) is 18.2 Å². The number of hydrogen-bond donors (Lipinski definition) is 0. The zero-order chi connectivity index (χ0) is 18.5. The molecule has 0 bridgehead atoms. The van der Waals surface area contributed by atoms with Gasteiger partial charge in [0.05, 0.1) is 26.3 Å². The highest BCUT2D eigenvalue weighted by molar-refractivity contribution is 5.50. The van der Waals surface area contributed by atoms with Gasteiger partial charge < -0.3 is 9.15 Å². The normalized spacial score (nSPS) is 11.0. The molecule has 0 fully saturated rings. The van der Waals surface area contributed by atoms with Crippen LogP contribution in [0.25, 0.3) is 11.5 Å². The van der Waals surface area contributed by atoms with Crippen molar-refractivity contribution in [2.24, 2.45) is 0 Å². The number of anilines is 1. The Balaban J connectivity index is 1.79. The van der Waals surface area contributed by atoms with Crippen LogP contribution < -0.4 is 9.80 Å². The maximum Gasteiger partial charge on any atom is 0.314 e. The molecule has 0 aliphatic heterocycles. The Morgan fingerprint density at radius 1 is 1.12 bits per heavy atom. The van der Waals surface area contributed by atoms with Crippen molar-refractivity contribution < 1.29 is 22.8 Å². The molecule has 0 N–H and O–H groups in total. The van der Waals surface area contributed by atoms with Gasteiger partial charge in [-0.3, -0.25) is 4.84 Å². The van der Waals surface area contributed by atoms with E-state index in [1.165, 1.54) is 24.6 Å². The first-order valence-electron chi connectivity index (χ1n) is 7.50. The lowest BCUT2D eigenvalue weighted by atomic mass is 10.2. The van der Waals surface area contributed by atoms with Gasteiger partial charge in [0, 0.05) is 18.0 Å². The molecule has 0 unspecified atom stereocenters. The van der Waals surface area contributed by atoms with Crippen LogP contribution in [0, 0.1) is 0 Å². The van der Waals surface area contributed by atoms with E-state index in [1.807, 2.05) is 24.3 Å². The largest absolute Gasteiger partial charge is 0.496 e. The number of para-hydroxylation sites is 1. The fraction of sp³-hybridized carbons (Fsp3) is 0.250. The summed E-state index contributed by atoms with van der Waals surface area (Å²) >= 11 is 0. The predicted octanol–water partition coefficient (Wildman–Crippen LogP) is 3.04. The van der Waals surface area contributed by atoms with E-state index in [0.717, 1.165) is 5.56 Å². The molecule has 1 aromatic carbocycles. The molecule has 0 aliphatic carbocycles. The van der Waals surface area contributed by atoms with Crippen molar-refractivity contribution in [3.8, 4) is 17.2 Å². The summed E-state index contributed by atoms with van der Waals surface area (Å²) in [7, 11) is 3.07. The highest BCUT2D eigenvalue weighted by Gasteiger charge is 2.18. The van der Waals surface area contributed by atoms with Crippen molar-refractivity contribution in [2.45, 2.75) is 13.0 Å². The van der Waals surface area contributed by atoms with E-state index in [9.17, 15) is 8.78 Å². The number of hydroxylamine groups is 1. The van der Waals surface area contributed by atoms with Gasteiger partial charge in [0.1, 0.15) is 5.75 Å². The summed E-state index contributed by atoms with van der Waals surface area (Å²) in [5.41, 5.74) is 1.20. The Bertz CT molecular complexity index is 857. The maximum atomic E-state index is 12.5. The van der Waals surface area contributed by atoms with E-state index in [-0.39, 0.29) is 11.8 Å². The zero-order valence-electron chi connectivity index (χ0n) is 14.0. The number of hydrogen-bond acceptors (Lipinski definition) is 8. The zero-order valence-corrected chi connectivity index (χ0v) is 14.0. The molecule has 0 amide bonds. The Hall–Kier alpha value is -3.14. The van der Waals surface area contributed by atoms with Crippen molar-refractivity contribution in [2.75, 3.05) is 19.3 Å². The van der Waals surface area contributed by atoms with Gasteiger partial charge >= 0.3 is 6.43 Å². The SMILES string of the molecule is COc1ccccc1CN(OC)c1ncc(-c2nnc(C(F)F)o2)cn1. The predicted molar refractivity (Wildman–Crippen MR) is 86.5 cm³/mol. The molecule has 0 spiro atoms. The smallest absolute Gasteiger partial charge is 0.314 e. The van der Waals surface area contributed by atoms with Gasteiger partial charge in [-0.05, 0) is 6.07 Å². The first-order valence-corrected chi connectivity index (χ1v) is 7.50. The number of methoxy groups -OCH3 is 1. The van der Waals surface area contributed by atoms with Crippen LogP contribution in [0.5, 0.6) is 5.75 Å².